The van der Waals surface area contributed by atoms with E-state index in [0.29, 0.717) is 13.2 Å². The van der Waals surface area contributed by atoms with Gasteiger partial charge in [0.05, 0.1) is 13.2 Å². The van der Waals surface area contributed by atoms with E-state index in [2.05, 4.69) is 23.7 Å². The molecule has 0 radical (unpaired) electrons. The first-order valence-electron chi connectivity index (χ1n) is 6.91. The number of rotatable bonds is 7. The minimum Gasteiger partial charge on any atom is -0.490 e. The van der Waals surface area contributed by atoms with Gasteiger partial charge in [-0.3, -0.25) is 0 Å². The molecule has 0 saturated carbocycles. The second-order valence-electron chi connectivity index (χ2n) is 4.41. The van der Waals surface area contributed by atoms with Gasteiger partial charge >= 0.3 is 0 Å². The normalized spacial score (nSPS) is 10.3. The molecule has 2 aromatic rings. The molecule has 4 heteroatoms. The van der Waals surface area contributed by atoms with Crippen molar-refractivity contribution in [2.75, 3.05) is 18.5 Å². The molecule has 0 amide bonds. The number of anilines is 1. The summed E-state index contributed by atoms with van der Waals surface area (Å²) in [7, 11) is 0. The molecule has 0 aliphatic heterocycles. The van der Waals surface area contributed by atoms with E-state index < -0.39 is 0 Å². The highest BCUT2D eigenvalue weighted by molar-refractivity contribution is 7.10. The summed E-state index contributed by atoms with van der Waals surface area (Å²) in [5.41, 5.74) is 2.38. The number of nitrogens with one attached hydrogen (secondary N) is 1. The van der Waals surface area contributed by atoms with Gasteiger partial charge in [-0.25, -0.2) is 0 Å². The lowest BCUT2D eigenvalue weighted by molar-refractivity contribution is 0.288. The Kier molecular flexibility index (Phi) is 5.30. The molecule has 0 aliphatic rings. The number of ether oxygens (including phenoxy) is 2. The Morgan fingerprint density at radius 3 is 2.45 bits per heavy atom. The van der Waals surface area contributed by atoms with Crippen LogP contribution >= 0.6 is 11.3 Å². The van der Waals surface area contributed by atoms with Gasteiger partial charge in [0, 0.05) is 23.2 Å². The predicted molar refractivity (Wildman–Crippen MR) is 85.2 cm³/mol. The molecule has 0 aliphatic carbocycles. The highest BCUT2D eigenvalue weighted by Crippen LogP contribution is 2.31. The van der Waals surface area contributed by atoms with Gasteiger partial charge in [-0.15, -0.1) is 11.3 Å². The van der Waals surface area contributed by atoms with Crippen molar-refractivity contribution in [3.63, 3.8) is 0 Å². The zero-order chi connectivity index (χ0) is 14.4. The minimum absolute atomic E-state index is 0.633. The summed E-state index contributed by atoms with van der Waals surface area (Å²) in [4.78, 5) is 1.36. The third-order valence-corrected chi connectivity index (χ3v) is 3.99. The fourth-order valence-corrected chi connectivity index (χ4v) is 2.77. The van der Waals surface area contributed by atoms with Gasteiger partial charge in [-0.2, -0.15) is 0 Å². The van der Waals surface area contributed by atoms with Gasteiger partial charge in [0.25, 0.3) is 0 Å². The summed E-state index contributed by atoms with van der Waals surface area (Å²) in [6.07, 6.45) is 0. The van der Waals surface area contributed by atoms with E-state index in [4.69, 9.17) is 9.47 Å². The second kappa shape index (κ2) is 7.20. The number of aryl methyl sites for hydroxylation is 1. The average Bonchev–Trinajstić information content (AvgIpc) is 2.85. The molecule has 108 valence electrons. The van der Waals surface area contributed by atoms with Crippen LogP contribution in [0.3, 0.4) is 0 Å². The van der Waals surface area contributed by atoms with Gasteiger partial charge in [-0.1, -0.05) is 0 Å². The lowest BCUT2D eigenvalue weighted by Crippen LogP contribution is -2.02. The van der Waals surface area contributed by atoms with Crippen molar-refractivity contribution in [1.29, 1.82) is 0 Å². The molecule has 1 aromatic heterocycles. The van der Waals surface area contributed by atoms with E-state index in [9.17, 15) is 0 Å². The number of benzene rings is 1. The number of thiophene rings is 1. The van der Waals surface area contributed by atoms with E-state index >= 15 is 0 Å². The molecule has 0 bridgehead atoms. The van der Waals surface area contributed by atoms with Gasteiger partial charge in [0.1, 0.15) is 0 Å². The van der Waals surface area contributed by atoms with E-state index in [1.807, 2.05) is 32.0 Å². The molecule has 0 unspecified atom stereocenters. The van der Waals surface area contributed by atoms with Crippen LogP contribution in [0.4, 0.5) is 5.69 Å². The Morgan fingerprint density at radius 2 is 1.80 bits per heavy atom. The molecule has 1 N–H and O–H groups in total. The molecule has 1 heterocycles. The molecular formula is C16H21NO2S. The SMILES string of the molecule is CCOc1ccc(NCc2sccc2C)cc1OCC. The molecule has 0 spiro atoms. The third kappa shape index (κ3) is 3.67. The van der Waals surface area contributed by atoms with Crippen molar-refractivity contribution in [1.82, 2.24) is 0 Å². The zero-order valence-corrected chi connectivity index (χ0v) is 13.0. The highest BCUT2D eigenvalue weighted by Gasteiger charge is 2.06. The monoisotopic (exact) mass is 291 g/mol. The van der Waals surface area contributed by atoms with Crippen LogP contribution in [0.15, 0.2) is 29.6 Å². The first-order chi connectivity index (χ1) is 9.74. The van der Waals surface area contributed by atoms with Crippen molar-refractivity contribution in [3.05, 3.63) is 40.1 Å². The molecule has 1 aromatic carbocycles. The summed E-state index contributed by atoms with van der Waals surface area (Å²) >= 11 is 1.78. The van der Waals surface area contributed by atoms with Crippen LogP contribution in [0, 0.1) is 6.92 Å². The van der Waals surface area contributed by atoms with Crippen LogP contribution in [0.25, 0.3) is 0 Å². The molecule has 2 rings (SSSR count). The number of hydrogen-bond acceptors (Lipinski definition) is 4. The fourth-order valence-electron chi connectivity index (χ4n) is 1.93. The standard InChI is InChI=1S/C16H21NO2S/c1-4-18-14-7-6-13(10-15(14)19-5-2)17-11-16-12(3)8-9-20-16/h6-10,17H,4-5,11H2,1-3H3. The first kappa shape index (κ1) is 14.7. The summed E-state index contributed by atoms with van der Waals surface area (Å²) in [5.74, 6) is 1.59. The van der Waals surface area contributed by atoms with Crippen LogP contribution < -0.4 is 14.8 Å². The highest BCUT2D eigenvalue weighted by atomic mass is 32.1. The topological polar surface area (TPSA) is 30.5 Å². The van der Waals surface area contributed by atoms with Crippen LogP contribution in [0.1, 0.15) is 24.3 Å². The maximum Gasteiger partial charge on any atom is 0.163 e. The molecular weight excluding hydrogens is 270 g/mol. The summed E-state index contributed by atoms with van der Waals surface area (Å²) in [5, 5.41) is 5.55. The molecule has 3 nitrogen and oxygen atoms in total. The molecule has 0 saturated heterocycles. The predicted octanol–water partition coefficient (Wildman–Crippen LogP) is 4.47. The van der Waals surface area contributed by atoms with Crippen molar-refractivity contribution >= 4 is 17.0 Å². The lowest BCUT2D eigenvalue weighted by Gasteiger charge is -2.13. The Balaban J connectivity index is 2.08. The largest absolute Gasteiger partial charge is 0.490 e. The molecule has 0 atom stereocenters. The van der Waals surface area contributed by atoms with E-state index in [1.54, 1.807) is 11.3 Å². The van der Waals surface area contributed by atoms with Crippen molar-refractivity contribution in [2.24, 2.45) is 0 Å². The quantitative estimate of drug-likeness (QED) is 0.816. The number of hydrogen-bond donors (Lipinski definition) is 1. The average molecular weight is 291 g/mol. The minimum atomic E-state index is 0.633. The molecule has 0 fully saturated rings. The first-order valence-corrected chi connectivity index (χ1v) is 7.79. The smallest absolute Gasteiger partial charge is 0.163 e. The third-order valence-electron chi connectivity index (χ3n) is 2.96. The Hall–Kier alpha value is -1.68. The maximum atomic E-state index is 5.63. The lowest BCUT2D eigenvalue weighted by atomic mass is 10.2. The van der Waals surface area contributed by atoms with Crippen molar-refractivity contribution in [3.8, 4) is 11.5 Å². The van der Waals surface area contributed by atoms with E-state index in [-0.39, 0.29) is 0 Å². The van der Waals surface area contributed by atoms with E-state index in [1.165, 1.54) is 10.4 Å². The Morgan fingerprint density at radius 1 is 1.05 bits per heavy atom. The summed E-state index contributed by atoms with van der Waals surface area (Å²) < 4.78 is 11.2. The van der Waals surface area contributed by atoms with Crippen molar-refractivity contribution < 1.29 is 9.47 Å². The van der Waals surface area contributed by atoms with Crippen LogP contribution in [0.2, 0.25) is 0 Å². The fraction of sp³-hybridized carbons (Fsp3) is 0.375. The second-order valence-corrected chi connectivity index (χ2v) is 5.41. The summed E-state index contributed by atoms with van der Waals surface area (Å²) in [6, 6.07) is 8.12. The molecule has 20 heavy (non-hydrogen) atoms. The van der Waals surface area contributed by atoms with Gasteiger partial charge < -0.3 is 14.8 Å². The zero-order valence-electron chi connectivity index (χ0n) is 12.2. The van der Waals surface area contributed by atoms with Gasteiger partial charge in [0.2, 0.25) is 0 Å². The Bertz CT molecular complexity index is 551. The Labute approximate surface area is 124 Å². The van der Waals surface area contributed by atoms with E-state index in [0.717, 1.165) is 23.7 Å². The van der Waals surface area contributed by atoms with Gasteiger partial charge in [-0.05, 0) is 49.9 Å². The van der Waals surface area contributed by atoms with Gasteiger partial charge in [0.15, 0.2) is 11.5 Å². The maximum absolute atomic E-state index is 5.63. The van der Waals surface area contributed by atoms with Crippen LogP contribution in [0.5, 0.6) is 11.5 Å². The van der Waals surface area contributed by atoms with Crippen LogP contribution in [-0.2, 0) is 6.54 Å². The summed E-state index contributed by atoms with van der Waals surface area (Å²) in [6.45, 7) is 8.20. The van der Waals surface area contributed by atoms with Crippen LogP contribution in [-0.4, -0.2) is 13.2 Å². The van der Waals surface area contributed by atoms with Crippen molar-refractivity contribution in [2.45, 2.75) is 27.3 Å².